The van der Waals surface area contributed by atoms with Crippen molar-refractivity contribution < 1.29 is 19.8 Å². The molecule has 0 fully saturated rings. The van der Waals surface area contributed by atoms with E-state index in [0.29, 0.717) is 6.42 Å². The molecule has 1 unspecified atom stereocenters. The zero-order valence-electron chi connectivity index (χ0n) is 13.3. The van der Waals surface area contributed by atoms with E-state index in [2.05, 4.69) is 9.98 Å². The van der Waals surface area contributed by atoms with Crippen LogP contribution in [-0.2, 0) is 16.0 Å². The van der Waals surface area contributed by atoms with Gasteiger partial charge >= 0.3 is 11.9 Å². The van der Waals surface area contributed by atoms with Crippen LogP contribution in [0.5, 0.6) is 0 Å². The minimum absolute atomic E-state index is 0.0359. The molecule has 9 heteroatoms. The molecular formula is C17H13N3O4S2. The molecule has 1 aliphatic rings. The van der Waals surface area contributed by atoms with E-state index in [1.807, 2.05) is 28.8 Å². The van der Waals surface area contributed by atoms with E-state index in [-0.39, 0.29) is 22.3 Å². The van der Waals surface area contributed by atoms with Crippen molar-refractivity contribution in [2.75, 3.05) is 5.75 Å². The molecule has 3 heterocycles. The molecule has 1 aliphatic heterocycles. The molecule has 0 bridgehead atoms. The van der Waals surface area contributed by atoms with Crippen LogP contribution in [0.1, 0.15) is 5.56 Å². The van der Waals surface area contributed by atoms with Crippen LogP contribution < -0.4 is 0 Å². The number of carboxylic acid groups (broad SMARTS) is 2. The topological polar surface area (TPSA) is 104 Å². The van der Waals surface area contributed by atoms with Gasteiger partial charge in [0.05, 0.1) is 15.8 Å². The third kappa shape index (κ3) is 2.99. The van der Waals surface area contributed by atoms with Gasteiger partial charge in [0.2, 0.25) is 0 Å². The molecule has 0 saturated carbocycles. The Hall–Kier alpha value is -2.65. The third-order valence-corrected chi connectivity index (χ3v) is 6.43. The standard InChI is InChI=1S/C17H13N3O4S2/c21-15(22)10-7-19-11(16(23)24)8-25-13(10)5-9-1-2-12-14(6-9)26-17-18-3-4-20(12)17/h1-4,6-7,13H,5,8H2,(H,21,22)(H,23,24). The highest BCUT2D eigenvalue weighted by molar-refractivity contribution is 8.00. The summed E-state index contributed by atoms with van der Waals surface area (Å²) in [5.41, 5.74) is 2.13. The Bertz CT molecular complexity index is 1100. The highest BCUT2D eigenvalue weighted by atomic mass is 32.2. The molecule has 0 spiro atoms. The lowest BCUT2D eigenvalue weighted by molar-refractivity contribution is -0.133. The van der Waals surface area contributed by atoms with Crippen molar-refractivity contribution in [3.05, 3.63) is 47.9 Å². The van der Waals surface area contributed by atoms with Gasteiger partial charge in [-0.15, -0.1) is 11.8 Å². The molecule has 4 rings (SSSR count). The number of aromatic nitrogens is 2. The maximum absolute atomic E-state index is 11.6. The first-order chi connectivity index (χ1) is 12.5. The summed E-state index contributed by atoms with van der Waals surface area (Å²) in [6.45, 7) is 0. The minimum Gasteiger partial charge on any atom is -0.478 e. The molecule has 0 aliphatic carbocycles. The third-order valence-electron chi connectivity index (χ3n) is 4.13. The first-order valence-electron chi connectivity index (χ1n) is 7.72. The number of hydrogen-bond donors (Lipinski definition) is 2. The molecule has 1 aromatic carbocycles. The van der Waals surface area contributed by atoms with Crippen LogP contribution in [0.4, 0.5) is 0 Å². The number of aliphatic carboxylic acids is 2. The monoisotopic (exact) mass is 387 g/mol. The highest BCUT2D eigenvalue weighted by Gasteiger charge is 2.26. The summed E-state index contributed by atoms with van der Waals surface area (Å²) in [5, 5.41) is 18.2. The summed E-state index contributed by atoms with van der Waals surface area (Å²) < 4.78 is 3.09. The summed E-state index contributed by atoms with van der Waals surface area (Å²) in [6.07, 6.45) is 5.33. The number of benzene rings is 1. The number of carboxylic acids is 2. The molecule has 7 nitrogen and oxygen atoms in total. The van der Waals surface area contributed by atoms with E-state index < -0.39 is 11.9 Å². The van der Waals surface area contributed by atoms with Gasteiger partial charge in [0.1, 0.15) is 5.71 Å². The maximum atomic E-state index is 11.6. The van der Waals surface area contributed by atoms with Crippen LogP contribution in [0.25, 0.3) is 15.2 Å². The fraction of sp³-hybridized carbons (Fsp3) is 0.176. The molecule has 132 valence electrons. The van der Waals surface area contributed by atoms with Gasteiger partial charge in [-0.3, -0.25) is 9.39 Å². The number of carbonyl (C=O) groups is 2. The Labute approximate surface area is 155 Å². The molecule has 26 heavy (non-hydrogen) atoms. The summed E-state index contributed by atoms with van der Waals surface area (Å²) >= 11 is 2.86. The van der Waals surface area contributed by atoms with Gasteiger partial charge in [-0.05, 0) is 24.1 Å². The second-order valence-corrected chi connectivity index (χ2v) is 7.96. The van der Waals surface area contributed by atoms with Gasteiger partial charge in [0.25, 0.3) is 0 Å². The highest BCUT2D eigenvalue weighted by Crippen LogP contribution is 2.30. The van der Waals surface area contributed by atoms with Crippen LogP contribution in [0.15, 0.2) is 47.4 Å². The van der Waals surface area contributed by atoms with Crippen molar-refractivity contribution in [1.29, 1.82) is 0 Å². The van der Waals surface area contributed by atoms with Crippen molar-refractivity contribution >= 4 is 55.9 Å². The number of thiazole rings is 1. The van der Waals surface area contributed by atoms with Crippen LogP contribution in [0, 0.1) is 0 Å². The lowest BCUT2D eigenvalue weighted by Crippen LogP contribution is -2.19. The van der Waals surface area contributed by atoms with E-state index >= 15 is 0 Å². The molecule has 1 atom stereocenters. The number of aliphatic imine (C=N–C) groups is 1. The van der Waals surface area contributed by atoms with Gasteiger partial charge in [-0.25, -0.2) is 14.6 Å². The lowest BCUT2D eigenvalue weighted by Gasteiger charge is -2.15. The Balaban J connectivity index is 1.64. The SMILES string of the molecule is O=C(O)C1=CN=C(C(=O)O)CSC1Cc1ccc2c(c1)sc1nccn12. The smallest absolute Gasteiger partial charge is 0.351 e. The van der Waals surface area contributed by atoms with Crippen LogP contribution in [0.3, 0.4) is 0 Å². The number of nitrogens with zero attached hydrogens (tertiary/aromatic N) is 3. The normalized spacial score (nSPS) is 17.8. The molecule has 0 amide bonds. The van der Waals surface area contributed by atoms with Crippen molar-refractivity contribution in [3.8, 4) is 0 Å². The number of hydrogen-bond acceptors (Lipinski definition) is 6. The van der Waals surface area contributed by atoms with Crippen LogP contribution in [0.2, 0.25) is 0 Å². The lowest BCUT2D eigenvalue weighted by atomic mass is 10.0. The summed E-state index contributed by atoms with van der Waals surface area (Å²) in [7, 11) is 0. The van der Waals surface area contributed by atoms with Gasteiger partial charge in [-0.1, -0.05) is 17.4 Å². The number of fused-ring (bicyclic) bond motifs is 3. The molecule has 2 aromatic heterocycles. The Morgan fingerprint density at radius 1 is 1.27 bits per heavy atom. The van der Waals surface area contributed by atoms with Gasteiger partial charge < -0.3 is 10.2 Å². The molecular weight excluding hydrogens is 374 g/mol. The zero-order chi connectivity index (χ0) is 18.3. The number of thioether (sulfide) groups is 1. The maximum Gasteiger partial charge on any atom is 0.351 e. The molecule has 0 saturated heterocycles. The average molecular weight is 387 g/mol. The first-order valence-corrected chi connectivity index (χ1v) is 9.59. The largest absolute Gasteiger partial charge is 0.478 e. The Morgan fingerprint density at radius 2 is 2.12 bits per heavy atom. The second kappa shape index (κ2) is 6.58. The van der Waals surface area contributed by atoms with Gasteiger partial charge in [-0.2, -0.15) is 0 Å². The van der Waals surface area contributed by atoms with Crippen LogP contribution >= 0.6 is 23.1 Å². The van der Waals surface area contributed by atoms with Crippen molar-refractivity contribution in [3.63, 3.8) is 0 Å². The van der Waals surface area contributed by atoms with Crippen molar-refractivity contribution in [2.24, 2.45) is 4.99 Å². The summed E-state index contributed by atoms with van der Waals surface area (Å²) in [5.74, 6) is -2.03. The minimum atomic E-state index is -1.12. The zero-order valence-corrected chi connectivity index (χ0v) is 15.0. The van der Waals surface area contributed by atoms with Gasteiger partial charge in [0.15, 0.2) is 4.96 Å². The average Bonchev–Trinajstić information content (AvgIpc) is 3.09. The Kier molecular flexibility index (Phi) is 4.25. The predicted octanol–water partition coefficient (Wildman–Crippen LogP) is 2.70. The van der Waals surface area contributed by atoms with Crippen molar-refractivity contribution in [2.45, 2.75) is 11.7 Å². The van der Waals surface area contributed by atoms with Crippen molar-refractivity contribution in [1.82, 2.24) is 9.38 Å². The second-order valence-electron chi connectivity index (χ2n) is 5.76. The van der Waals surface area contributed by atoms with E-state index in [0.717, 1.165) is 20.7 Å². The molecule has 3 aromatic rings. The fourth-order valence-electron chi connectivity index (χ4n) is 2.84. The summed E-state index contributed by atoms with van der Waals surface area (Å²) in [6, 6.07) is 6.01. The van der Waals surface area contributed by atoms with E-state index in [4.69, 9.17) is 5.11 Å². The Morgan fingerprint density at radius 3 is 2.88 bits per heavy atom. The van der Waals surface area contributed by atoms with Gasteiger partial charge in [0, 0.05) is 29.6 Å². The first kappa shape index (κ1) is 16.8. The number of rotatable bonds is 4. The molecule has 0 radical (unpaired) electrons. The van der Waals surface area contributed by atoms with E-state index in [1.54, 1.807) is 17.5 Å². The van der Waals surface area contributed by atoms with Crippen LogP contribution in [-0.4, -0.2) is 48.3 Å². The predicted molar refractivity (Wildman–Crippen MR) is 101 cm³/mol. The number of imidazole rings is 1. The molecule has 2 N–H and O–H groups in total. The van der Waals surface area contributed by atoms with E-state index in [9.17, 15) is 14.7 Å². The summed E-state index contributed by atoms with van der Waals surface area (Å²) in [4.78, 5) is 31.7. The fourth-order valence-corrected chi connectivity index (χ4v) is 5.10. The quantitative estimate of drug-likeness (QED) is 0.713. The van der Waals surface area contributed by atoms with E-state index in [1.165, 1.54) is 18.0 Å².